The summed E-state index contributed by atoms with van der Waals surface area (Å²) in [6.45, 7) is -0.677. The van der Waals surface area contributed by atoms with Gasteiger partial charge in [-0.15, -0.1) is 11.3 Å². The number of nitrogen functional groups attached to an aromatic ring is 1. The van der Waals surface area contributed by atoms with E-state index in [0.29, 0.717) is 0 Å². The van der Waals surface area contributed by atoms with Crippen molar-refractivity contribution in [1.29, 1.82) is 0 Å². The van der Waals surface area contributed by atoms with E-state index < -0.39 is 47.0 Å². The molecule has 0 saturated carbocycles. The Hall–Kier alpha value is -2.98. The Morgan fingerprint density at radius 3 is 2.64 bits per heavy atom. The number of amides is 2. The number of nitrogens with two attached hydrogens (primary N) is 1. The van der Waals surface area contributed by atoms with Gasteiger partial charge in [-0.1, -0.05) is 5.16 Å². The summed E-state index contributed by atoms with van der Waals surface area (Å²) in [4.78, 5) is 44.1. The maximum Gasteiger partial charge on any atom is 0.508 e. The molecule has 0 aromatic carbocycles. The highest BCUT2D eigenvalue weighted by Gasteiger charge is 2.55. The molecule has 1 aromatic rings. The molecule has 1 aliphatic heterocycles. The van der Waals surface area contributed by atoms with Crippen LogP contribution in [0.15, 0.2) is 10.5 Å². The first-order chi connectivity index (χ1) is 13.1. The Morgan fingerprint density at radius 1 is 1.46 bits per heavy atom. The van der Waals surface area contributed by atoms with E-state index in [1.165, 1.54) is 12.5 Å². The number of hydrogen-bond donors (Lipinski definition) is 3. The van der Waals surface area contributed by atoms with E-state index in [2.05, 4.69) is 29.8 Å². The maximum absolute atomic E-state index is 12.5. The first-order valence-electron chi connectivity index (χ1n) is 7.25. The molecule has 0 bridgehead atoms. The van der Waals surface area contributed by atoms with Gasteiger partial charge in [-0.2, -0.15) is 8.42 Å². The van der Waals surface area contributed by atoms with Crippen LogP contribution in [0.4, 0.5) is 9.93 Å². The number of nitrogens with zero attached hydrogens (tertiary/aromatic N) is 3. The number of carbonyl (C=O) groups excluding carboxylic acids is 3. The number of β-lactam (4-membered cyclic amide) rings is 1. The normalized spacial score (nSPS) is 19.6. The molecule has 16 heteroatoms. The Kier molecular flexibility index (Phi) is 6.37. The van der Waals surface area contributed by atoms with Crippen LogP contribution in [-0.4, -0.2) is 78.9 Å². The number of hydrogen-bond acceptors (Lipinski definition) is 12. The molecule has 1 aliphatic rings. The molecule has 0 spiro atoms. The third kappa shape index (κ3) is 4.46. The van der Waals surface area contributed by atoms with Gasteiger partial charge in [0.25, 0.3) is 11.8 Å². The van der Waals surface area contributed by atoms with Crippen molar-refractivity contribution >= 4 is 50.5 Å². The molecule has 1 aromatic heterocycles. The molecular formula is C12H15N5O9S2. The molecule has 154 valence electrons. The summed E-state index contributed by atoms with van der Waals surface area (Å²) in [6, 6.07) is -2.85. The van der Waals surface area contributed by atoms with Crippen LogP contribution >= 0.6 is 11.3 Å². The molecule has 28 heavy (non-hydrogen) atoms. The second-order valence-electron chi connectivity index (χ2n) is 5.09. The van der Waals surface area contributed by atoms with Gasteiger partial charge < -0.3 is 25.4 Å². The number of anilines is 1. The lowest BCUT2D eigenvalue weighted by Crippen LogP contribution is -2.73. The number of methoxy groups -OCH3 is 1. The van der Waals surface area contributed by atoms with E-state index in [0.717, 1.165) is 18.4 Å². The van der Waals surface area contributed by atoms with Gasteiger partial charge in [0.2, 0.25) is 0 Å². The average Bonchev–Trinajstić information content (AvgIpc) is 3.04. The van der Waals surface area contributed by atoms with E-state index in [9.17, 15) is 22.8 Å². The van der Waals surface area contributed by atoms with Crippen molar-refractivity contribution in [3.63, 3.8) is 0 Å². The zero-order chi connectivity index (χ0) is 21.1. The molecule has 2 rings (SSSR count). The molecule has 2 heterocycles. The summed E-state index contributed by atoms with van der Waals surface area (Å²) in [5.74, 6) is -2.09. The minimum atomic E-state index is -4.95. The van der Waals surface area contributed by atoms with Crippen LogP contribution in [0.1, 0.15) is 5.69 Å². The minimum Gasteiger partial charge on any atom is -0.438 e. The maximum atomic E-state index is 12.5. The molecule has 0 radical (unpaired) electrons. The predicted molar refractivity (Wildman–Crippen MR) is 92.5 cm³/mol. The van der Waals surface area contributed by atoms with Crippen LogP contribution in [0, 0.1) is 0 Å². The largest absolute Gasteiger partial charge is 0.508 e. The Balaban J connectivity index is 2.21. The van der Waals surface area contributed by atoms with E-state index >= 15 is 0 Å². The van der Waals surface area contributed by atoms with Crippen molar-refractivity contribution in [2.45, 2.75) is 12.1 Å². The number of aromatic nitrogens is 1. The van der Waals surface area contributed by atoms with Gasteiger partial charge in [0, 0.05) is 5.38 Å². The molecule has 2 amide bonds. The molecule has 1 saturated heterocycles. The first-order valence-corrected chi connectivity index (χ1v) is 9.52. The smallest absolute Gasteiger partial charge is 0.438 e. The number of oxime groups is 1. The van der Waals surface area contributed by atoms with Crippen LogP contribution in [0.2, 0.25) is 0 Å². The number of rotatable bonds is 7. The highest BCUT2D eigenvalue weighted by atomic mass is 32.2. The summed E-state index contributed by atoms with van der Waals surface area (Å²) in [5.41, 5.74) is 5.23. The summed E-state index contributed by atoms with van der Waals surface area (Å²) in [7, 11) is -2.76. The number of carbonyl (C=O) groups is 3. The van der Waals surface area contributed by atoms with Gasteiger partial charge in [-0.3, -0.25) is 14.1 Å². The topological polar surface area (TPSA) is 200 Å². The highest BCUT2D eigenvalue weighted by Crippen LogP contribution is 2.24. The van der Waals surface area contributed by atoms with Crippen molar-refractivity contribution in [2.24, 2.45) is 5.16 Å². The van der Waals surface area contributed by atoms with Crippen LogP contribution in [0.5, 0.6) is 0 Å². The second-order valence-corrected chi connectivity index (χ2v) is 7.27. The fourth-order valence-electron chi connectivity index (χ4n) is 2.24. The number of nitrogens with one attached hydrogen (secondary N) is 1. The van der Waals surface area contributed by atoms with Crippen LogP contribution in [0.3, 0.4) is 0 Å². The van der Waals surface area contributed by atoms with Gasteiger partial charge in [0.05, 0.1) is 7.11 Å². The summed E-state index contributed by atoms with van der Waals surface area (Å²) in [5, 5.41) is 7.31. The summed E-state index contributed by atoms with van der Waals surface area (Å²) >= 11 is 1.02. The molecular weight excluding hydrogens is 422 g/mol. The minimum absolute atomic E-state index is 0.0580. The predicted octanol–water partition coefficient (Wildman–Crippen LogP) is -1.64. The van der Waals surface area contributed by atoms with Crippen molar-refractivity contribution in [1.82, 2.24) is 14.6 Å². The molecule has 2 atom stereocenters. The molecule has 0 aliphatic carbocycles. The number of ether oxygens (including phenoxy) is 2. The fourth-order valence-corrected chi connectivity index (χ4v) is 3.65. The lowest BCUT2D eigenvalue weighted by Gasteiger charge is -2.43. The Labute approximate surface area is 162 Å². The zero-order valence-corrected chi connectivity index (χ0v) is 16.0. The van der Waals surface area contributed by atoms with Crippen molar-refractivity contribution in [2.75, 3.05) is 26.6 Å². The van der Waals surface area contributed by atoms with Gasteiger partial charge in [0.15, 0.2) is 10.8 Å². The SMILES string of the molecule is CON=C(C(=O)NC1C(=O)N(S(=O)(=O)O)C1COC(=O)OC)c1csc(N)n1. The van der Waals surface area contributed by atoms with Crippen LogP contribution in [0.25, 0.3) is 0 Å². The standard InChI is InChI=1S/C12H15N5O9S2/c1-24-12(20)26-3-6-8(10(19)17(6)28(21,22)23)15-9(18)7(16-25-2)5-4-27-11(13)14-5/h4,6,8H,3H2,1-2H3,(H2,13,14)(H,15,18)(H,21,22,23). The zero-order valence-electron chi connectivity index (χ0n) is 14.4. The summed E-state index contributed by atoms with van der Waals surface area (Å²) < 4.78 is 40.8. The van der Waals surface area contributed by atoms with Gasteiger partial charge in [0.1, 0.15) is 31.5 Å². The summed E-state index contributed by atoms with van der Waals surface area (Å²) in [6.07, 6.45) is -1.15. The van der Waals surface area contributed by atoms with E-state index in [-0.39, 0.29) is 20.8 Å². The Morgan fingerprint density at radius 2 is 2.14 bits per heavy atom. The quantitative estimate of drug-likeness (QED) is 0.145. The fraction of sp³-hybridized carbons (Fsp3) is 0.417. The third-order valence-electron chi connectivity index (χ3n) is 3.41. The second kappa shape index (κ2) is 8.36. The van der Waals surface area contributed by atoms with Gasteiger partial charge in [-0.05, 0) is 0 Å². The van der Waals surface area contributed by atoms with E-state index in [4.69, 9.17) is 10.3 Å². The van der Waals surface area contributed by atoms with Gasteiger partial charge >= 0.3 is 16.5 Å². The third-order valence-corrected chi connectivity index (χ3v) is 5.03. The lowest BCUT2D eigenvalue weighted by atomic mass is 9.99. The van der Waals surface area contributed by atoms with Crippen molar-refractivity contribution in [3.8, 4) is 0 Å². The van der Waals surface area contributed by atoms with Crippen LogP contribution in [-0.2, 0) is 34.2 Å². The molecule has 4 N–H and O–H groups in total. The molecule has 14 nitrogen and oxygen atoms in total. The van der Waals surface area contributed by atoms with Crippen molar-refractivity contribution < 1.29 is 41.7 Å². The Bertz CT molecular complexity index is 912. The number of thiazole rings is 1. The molecule has 2 unspecified atom stereocenters. The lowest BCUT2D eigenvalue weighted by molar-refractivity contribution is -0.147. The monoisotopic (exact) mass is 437 g/mol. The first kappa shape index (κ1) is 21.3. The van der Waals surface area contributed by atoms with Crippen LogP contribution < -0.4 is 11.1 Å². The van der Waals surface area contributed by atoms with Gasteiger partial charge in [-0.25, -0.2) is 14.1 Å². The van der Waals surface area contributed by atoms with E-state index in [1.54, 1.807) is 0 Å². The van der Waals surface area contributed by atoms with E-state index in [1.807, 2.05) is 0 Å². The average molecular weight is 437 g/mol. The molecule has 1 fully saturated rings. The van der Waals surface area contributed by atoms with Crippen molar-refractivity contribution in [3.05, 3.63) is 11.1 Å². The highest BCUT2D eigenvalue weighted by molar-refractivity contribution is 7.84.